The van der Waals surface area contributed by atoms with E-state index in [9.17, 15) is 18.0 Å². The molecule has 1 amide bonds. The number of aryl methyl sites for hydroxylation is 1. The van der Waals surface area contributed by atoms with Crippen molar-refractivity contribution in [2.45, 2.75) is 31.8 Å². The number of ether oxygens (including phenoxy) is 2. The molecule has 28 heavy (non-hydrogen) atoms. The molecule has 8 heteroatoms. The highest BCUT2D eigenvalue weighted by molar-refractivity contribution is 7.90. The first kappa shape index (κ1) is 21.4. The van der Waals surface area contributed by atoms with Crippen LogP contribution in [0.5, 0.6) is 5.75 Å². The number of carbonyl (C=O) groups is 2. The molecule has 0 saturated carbocycles. The molecule has 0 spiro atoms. The maximum atomic E-state index is 12.4. The molecule has 0 aliphatic heterocycles. The molecule has 150 valence electrons. The quantitative estimate of drug-likeness (QED) is 0.711. The lowest BCUT2D eigenvalue weighted by atomic mass is 10.1. The largest absolute Gasteiger partial charge is 0.494 e. The number of amides is 1. The van der Waals surface area contributed by atoms with E-state index in [0.29, 0.717) is 23.6 Å². The van der Waals surface area contributed by atoms with Gasteiger partial charge < -0.3 is 14.8 Å². The maximum absolute atomic E-state index is 12.4. The predicted octanol–water partition coefficient (Wildman–Crippen LogP) is 2.98. The minimum atomic E-state index is -3.47. The first-order valence-electron chi connectivity index (χ1n) is 8.67. The van der Waals surface area contributed by atoms with Crippen LogP contribution in [-0.4, -0.2) is 39.3 Å². The molecule has 7 nitrogen and oxygen atoms in total. The normalized spacial score (nSPS) is 12.1. The van der Waals surface area contributed by atoms with Gasteiger partial charge in [-0.05, 0) is 62.7 Å². The molecular formula is C20H23NO6S. The van der Waals surface area contributed by atoms with Crippen molar-refractivity contribution in [3.05, 3.63) is 53.6 Å². The van der Waals surface area contributed by atoms with Gasteiger partial charge in [0.2, 0.25) is 0 Å². The summed E-state index contributed by atoms with van der Waals surface area (Å²) in [6.07, 6.45) is -0.0139. The molecule has 2 aromatic rings. The third-order valence-corrected chi connectivity index (χ3v) is 5.05. The molecule has 0 bridgehead atoms. The summed E-state index contributed by atoms with van der Waals surface area (Å²) < 4.78 is 33.9. The minimum Gasteiger partial charge on any atom is -0.494 e. The highest BCUT2D eigenvalue weighted by Crippen LogP contribution is 2.18. The zero-order chi connectivity index (χ0) is 20.9. The van der Waals surface area contributed by atoms with Gasteiger partial charge in [0.25, 0.3) is 5.91 Å². The number of carbonyl (C=O) groups excluding carboxylic acids is 2. The third kappa shape index (κ3) is 5.56. The number of rotatable bonds is 7. The lowest BCUT2D eigenvalue weighted by Crippen LogP contribution is -2.30. The Hall–Kier alpha value is -2.87. The van der Waals surface area contributed by atoms with Crippen LogP contribution in [0, 0.1) is 6.92 Å². The highest BCUT2D eigenvalue weighted by atomic mass is 32.2. The van der Waals surface area contributed by atoms with Crippen LogP contribution < -0.4 is 10.1 Å². The topological polar surface area (TPSA) is 98.8 Å². The molecule has 0 fully saturated rings. The van der Waals surface area contributed by atoms with Crippen LogP contribution in [0.25, 0.3) is 0 Å². The number of sulfone groups is 1. The molecule has 0 saturated heterocycles. The minimum absolute atomic E-state index is 0.0107. The highest BCUT2D eigenvalue weighted by Gasteiger charge is 2.21. The van der Waals surface area contributed by atoms with Gasteiger partial charge in [-0.1, -0.05) is 6.07 Å². The summed E-state index contributed by atoms with van der Waals surface area (Å²) >= 11 is 0. The average Bonchev–Trinajstić information content (AvgIpc) is 2.62. The summed E-state index contributed by atoms with van der Waals surface area (Å²) in [6, 6.07) is 11.0. The van der Waals surface area contributed by atoms with Gasteiger partial charge in [0.15, 0.2) is 15.9 Å². The van der Waals surface area contributed by atoms with Gasteiger partial charge in [0.05, 0.1) is 17.1 Å². The second-order valence-corrected chi connectivity index (χ2v) is 8.26. The lowest BCUT2D eigenvalue weighted by Gasteiger charge is -2.15. The summed E-state index contributed by atoms with van der Waals surface area (Å²) in [5.74, 6) is -0.590. The van der Waals surface area contributed by atoms with Gasteiger partial charge in [0, 0.05) is 11.9 Å². The molecule has 0 heterocycles. The number of benzene rings is 2. The van der Waals surface area contributed by atoms with Gasteiger partial charge in [-0.3, -0.25) is 4.79 Å². The van der Waals surface area contributed by atoms with Crippen molar-refractivity contribution in [2.24, 2.45) is 0 Å². The van der Waals surface area contributed by atoms with E-state index in [2.05, 4.69) is 5.32 Å². The molecule has 2 rings (SSSR count). The van der Waals surface area contributed by atoms with Crippen LogP contribution in [0.2, 0.25) is 0 Å². The van der Waals surface area contributed by atoms with Gasteiger partial charge in [-0.25, -0.2) is 13.2 Å². The standard InChI is InChI=1S/C20H23NO6S/c1-5-26-16-9-7-15(8-10-16)21-19(22)14(3)27-20(23)18-12-17(28(4,24)25)11-6-13(18)2/h6-12,14H,5H2,1-4H3,(H,21,22)/t14-/m0/s1. The van der Waals surface area contributed by atoms with E-state index in [4.69, 9.17) is 9.47 Å². The molecule has 1 N–H and O–H groups in total. The molecule has 1 atom stereocenters. The second kappa shape index (κ2) is 8.88. The number of hydrogen-bond donors (Lipinski definition) is 1. The molecule has 0 unspecified atom stereocenters. The van der Waals surface area contributed by atoms with E-state index in [0.717, 1.165) is 6.26 Å². The van der Waals surface area contributed by atoms with Crippen LogP contribution in [0.3, 0.4) is 0 Å². The fourth-order valence-electron chi connectivity index (χ4n) is 2.37. The maximum Gasteiger partial charge on any atom is 0.339 e. The van der Waals surface area contributed by atoms with Crippen molar-refractivity contribution in [1.82, 2.24) is 0 Å². The molecule has 0 aliphatic rings. The van der Waals surface area contributed by atoms with Crippen molar-refractivity contribution in [2.75, 3.05) is 18.2 Å². The van der Waals surface area contributed by atoms with Crippen LogP contribution >= 0.6 is 0 Å². The van der Waals surface area contributed by atoms with E-state index in [-0.39, 0.29) is 10.5 Å². The first-order valence-corrected chi connectivity index (χ1v) is 10.6. The van der Waals surface area contributed by atoms with E-state index in [1.54, 1.807) is 31.2 Å². The van der Waals surface area contributed by atoms with Crippen molar-refractivity contribution in [3.63, 3.8) is 0 Å². The molecule has 0 aromatic heterocycles. The van der Waals surface area contributed by atoms with Gasteiger partial charge >= 0.3 is 5.97 Å². The Labute approximate surface area is 164 Å². The predicted molar refractivity (Wildman–Crippen MR) is 105 cm³/mol. The van der Waals surface area contributed by atoms with E-state index in [1.165, 1.54) is 25.1 Å². The van der Waals surface area contributed by atoms with Gasteiger partial charge in [-0.2, -0.15) is 0 Å². The van der Waals surface area contributed by atoms with Crippen molar-refractivity contribution < 1.29 is 27.5 Å². The smallest absolute Gasteiger partial charge is 0.339 e. The Morgan fingerprint density at radius 2 is 1.75 bits per heavy atom. The summed E-state index contributed by atoms with van der Waals surface area (Å²) in [5.41, 5.74) is 1.19. The second-order valence-electron chi connectivity index (χ2n) is 6.24. The van der Waals surface area contributed by atoms with Crippen molar-refractivity contribution >= 4 is 27.4 Å². The van der Waals surface area contributed by atoms with Crippen molar-refractivity contribution in [3.8, 4) is 5.75 Å². The van der Waals surface area contributed by atoms with E-state index < -0.39 is 27.8 Å². The summed E-state index contributed by atoms with van der Waals surface area (Å²) in [5, 5.41) is 2.65. The SMILES string of the molecule is CCOc1ccc(NC(=O)[C@H](C)OC(=O)c2cc(S(C)(=O)=O)ccc2C)cc1. The van der Waals surface area contributed by atoms with Gasteiger partial charge in [-0.15, -0.1) is 0 Å². The number of anilines is 1. The molecule has 2 aromatic carbocycles. The van der Waals surface area contributed by atoms with Crippen LogP contribution in [-0.2, 0) is 19.4 Å². The Morgan fingerprint density at radius 1 is 1.11 bits per heavy atom. The van der Waals surface area contributed by atoms with Crippen LogP contribution in [0.1, 0.15) is 29.8 Å². The lowest BCUT2D eigenvalue weighted by molar-refractivity contribution is -0.123. The third-order valence-electron chi connectivity index (χ3n) is 3.94. The Morgan fingerprint density at radius 3 is 2.32 bits per heavy atom. The average molecular weight is 405 g/mol. The van der Waals surface area contributed by atoms with Gasteiger partial charge in [0.1, 0.15) is 5.75 Å². The summed E-state index contributed by atoms with van der Waals surface area (Å²) in [4.78, 5) is 24.7. The zero-order valence-corrected chi connectivity index (χ0v) is 17.0. The molecule has 0 radical (unpaired) electrons. The number of nitrogens with one attached hydrogen (secondary N) is 1. The number of esters is 1. The molecule has 0 aliphatic carbocycles. The fraction of sp³-hybridized carbons (Fsp3) is 0.300. The zero-order valence-electron chi connectivity index (χ0n) is 16.2. The van der Waals surface area contributed by atoms with Crippen LogP contribution in [0.15, 0.2) is 47.4 Å². The monoisotopic (exact) mass is 405 g/mol. The Kier molecular flexibility index (Phi) is 6.80. The van der Waals surface area contributed by atoms with E-state index >= 15 is 0 Å². The molecular weight excluding hydrogens is 382 g/mol. The summed E-state index contributed by atoms with van der Waals surface area (Å²) in [7, 11) is -3.47. The van der Waals surface area contributed by atoms with E-state index in [1.807, 2.05) is 6.92 Å². The van der Waals surface area contributed by atoms with Crippen LogP contribution in [0.4, 0.5) is 5.69 Å². The van der Waals surface area contributed by atoms with Crippen molar-refractivity contribution in [1.29, 1.82) is 0 Å². The fourth-order valence-corrected chi connectivity index (χ4v) is 3.02. The first-order chi connectivity index (χ1) is 13.1. The number of hydrogen-bond acceptors (Lipinski definition) is 6. The Balaban J connectivity index is 2.06. The Bertz CT molecular complexity index is 967. The summed E-state index contributed by atoms with van der Waals surface area (Å²) in [6.45, 7) is 5.52.